The highest BCUT2D eigenvalue weighted by Gasteiger charge is 2.81. The van der Waals surface area contributed by atoms with Gasteiger partial charge in [0.15, 0.2) is 5.60 Å². The van der Waals surface area contributed by atoms with Crippen molar-refractivity contribution >= 4 is 35.1 Å². The van der Waals surface area contributed by atoms with Gasteiger partial charge in [-0.05, 0) is 17.9 Å². The first-order valence-electron chi connectivity index (χ1n) is 6.32. The summed E-state index contributed by atoms with van der Waals surface area (Å²) in [5.41, 5.74) is 0.162. The highest BCUT2D eigenvalue weighted by Crippen LogP contribution is 2.63. The summed E-state index contributed by atoms with van der Waals surface area (Å²) >= 11 is 3.24. The van der Waals surface area contributed by atoms with Crippen LogP contribution >= 0.6 is 23.5 Å². The molecule has 5 heteroatoms. The molecule has 0 saturated carbocycles. The summed E-state index contributed by atoms with van der Waals surface area (Å²) in [5.74, 6) is 2.46. The van der Waals surface area contributed by atoms with Crippen LogP contribution in [0.1, 0.15) is 27.1 Å². The first kappa shape index (κ1) is 12.0. The number of ketones is 2. The monoisotopic (exact) mass is 292 g/mol. The fourth-order valence-electron chi connectivity index (χ4n) is 2.91. The van der Waals surface area contributed by atoms with E-state index in [1.54, 1.807) is 36.0 Å². The van der Waals surface area contributed by atoms with Crippen molar-refractivity contribution in [2.45, 2.75) is 17.0 Å². The number of Topliss-reactive ketones (excluding diaryl/α,β-unsaturated/α-hetero) is 2. The normalized spacial score (nSPS) is 36.6. The van der Waals surface area contributed by atoms with Gasteiger partial charge >= 0.3 is 0 Å². The van der Waals surface area contributed by atoms with Crippen LogP contribution in [-0.4, -0.2) is 39.4 Å². The van der Waals surface area contributed by atoms with E-state index in [0.29, 0.717) is 16.9 Å². The molecule has 2 aliphatic heterocycles. The molecular formula is C14H12O3S2. The van der Waals surface area contributed by atoms with Gasteiger partial charge in [-0.2, -0.15) is 11.8 Å². The molecule has 0 amide bonds. The van der Waals surface area contributed by atoms with Crippen LogP contribution in [0.5, 0.6) is 0 Å². The minimum Gasteiger partial charge on any atom is -0.333 e. The van der Waals surface area contributed by atoms with Crippen LogP contribution in [0.2, 0.25) is 0 Å². The molecule has 2 heterocycles. The number of rotatable bonds is 0. The number of carbonyl (C=O) groups is 2. The van der Waals surface area contributed by atoms with E-state index in [1.165, 1.54) is 11.8 Å². The van der Waals surface area contributed by atoms with E-state index in [9.17, 15) is 9.59 Å². The van der Waals surface area contributed by atoms with Crippen LogP contribution < -0.4 is 0 Å². The number of hydrogen-bond acceptors (Lipinski definition) is 5. The molecule has 0 radical (unpaired) electrons. The lowest BCUT2D eigenvalue weighted by atomic mass is 9.82. The zero-order valence-corrected chi connectivity index (χ0v) is 11.8. The summed E-state index contributed by atoms with van der Waals surface area (Å²) in [6.07, 6.45) is 1.06. The largest absolute Gasteiger partial charge is 0.333 e. The maximum atomic E-state index is 12.7. The Bertz CT molecular complexity index is 549. The van der Waals surface area contributed by atoms with Crippen molar-refractivity contribution in [3.05, 3.63) is 35.4 Å². The Morgan fingerprint density at radius 3 is 2.58 bits per heavy atom. The van der Waals surface area contributed by atoms with E-state index < -0.39 is 10.5 Å². The van der Waals surface area contributed by atoms with Gasteiger partial charge in [0.1, 0.15) is 0 Å². The number of thioether (sulfide) groups is 2. The smallest absolute Gasteiger partial charge is 0.215 e. The standard InChI is InChI=1S/C14H12O3S2/c15-11-9-4-1-2-5-10(9)12(16)14-13(11,17-14)8-18-6-3-7-19-14/h1-2,4-5H,3,6-8H2. The van der Waals surface area contributed by atoms with Gasteiger partial charge in [-0.1, -0.05) is 24.3 Å². The molecule has 0 N–H and O–H groups in total. The molecular weight excluding hydrogens is 280 g/mol. The van der Waals surface area contributed by atoms with E-state index in [-0.39, 0.29) is 11.6 Å². The molecule has 0 spiro atoms. The molecule has 2 unspecified atom stereocenters. The summed E-state index contributed by atoms with van der Waals surface area (Å²) in [4.78, 5) is 24.5. The van der Waals surface area contributed by atoms with Crippen LogP contribution in [0.3, 0.4) is 0 Å². The molecule has 98 valence electrons. The minimum absolute atomic E-state index is 0.00963. The van der Waals surface area contributed by atoms with Crippen molar-refractivity contribution in [2.75, 3.05) is 17.3 Å². The highest BCUT2D eigenvalue weighted by molar-refractivity contribution is 8.02. The van der Waals surface area contributed by atoms with Crippen molar-refractivity contribution in [1.82, 2.24) is 0 Å². The molecule has 4 rings (SSSR count). The van der Waals surface area contributed by atoms with E-state index in [2.05, 4.69) is 0 Å². The summed E-state index contributed by atoms with van der Waals surface area (Å²) < 4.78 is 5.82. The summed E-state index contributed by atoms with van der Waals surface area (Å²) in [6, 6.07) is 7.09. The predicted octanol–water partition coefficient (Wildman–Crippen LogP) is 2.40. The SMILES string of the molecule is O=C1c2ccccc2C(=O)C23OC12CSCCCS3. The molecule has 2 atom stereocenters. The molecule has 19 heavy (non-hydrogen) atoms. The van der Waals surface area contributed by atoms with E-state index in [4.69, 9.17) is 4.74 Å². The number of hydrogen-bond donors (Lipinski definition) is 0. The zero-order valence-electron chi connectivity index (χ0n) is 10.2. The van der Waals surface area contributed by atoms with Crippen LogP contribution in [0, 0.1) is 0 Å². The quantitative estimate of drug-likeness (QED) is 0.687. The van der Waals surface area contributed by atoms with E-state index in [1.807, 2.05) is 0 Å². The lowest BCUT2D eigenvalue weighted by Gasteiger charge is -2.25. The highest BCUT2D eigenvalue weighted by atomic mass is 32.2. The Morgan fingerprint density at radius 2 is 1.79 bits per heavy atom. The third kappa shape index (κ3) is 1.36. The first-order chi connectivity index (χ1) is 9.21. The predicted molar refractivity (Wildman–Crippen MR) is 76.1 cm³/mol. The lowest BCUT2D eigenvalue weighted by molar-refractivity contribution is 0.0874. The Kier molecular flexibility index (Phi) is 2.44. The Balaban J connectivity index is 1.89. The third-order valence-electron chi connectivity index (χ3n) is 3.93. The van der Waals surface area contributed by atoms with Crippen LogP contribution in [0.25, 0.3) is 0 Å². The topological polar surface area (TPSA) is 46.7 Å². The van der Waals surface area contributed by atoms with Crippen LogP contribution in [0.4, 0.5) is 0 Å². The molecule has 2 saturated heterocycles. The van der Waals surface area contributed by atoms with Crippen LogP contribution in [-0.2, 0) is 4.74 Å². The fourth-order valence-corrected chi connectivity index (χ4v) is 5.78. The fraction of sp³-hybridized carbons (Fsp3) is 0.429. The number of fused-ring (bicyclic) bond motifs is 1. The maximum absolute atomic E-state index is 12.7. The molecule has 3 aliphatic rings. The Hall–Kier alpha value is -0.780. The van der Waals surface area contributed by atoms with E-state index >= 15 is 0 Å². The van der Waals surface area contributed by atoms with E-state index in [0.717, 1.165) is 17.9 Å². The van der Waals surface area contributed by atoms with Gasteiger partial charge < -0.3 is 4.74 Å². The van der Waals surface area contributed by atoms with Crippen molar-refractivity contribution < 1.29 is 14.3 Å². The first-order valence-corrected chi connectivity index (χ1v) is 8.46. The summed E-state index contributed by atoms with van der Waals surface area (Å²) in [6.45, 7) is 0. The molecule has 1 aromatic rings. The van der Waals surface area contributed by atoms with Crippen molar-refractivity contribution in [3.63, 3.8) is 0 Å². The minimum atomic E-state index is -0.925. The molecule has 3 nitrogen and oxygen atoms in total. The second kappa shape index (κ2) is 3.87. The molecule has 1 aliphatic carbocycles. The Morgan fingerprint density at radius 1 is 1.05 bits per heavy atom. The number of benzene rings is 1. The summed E-state index contributed by atoms with van der Waals surface area (Å²) in [7, 11) is 0. The van der Waals surface area contributed by atoms with Gasteiger partial charge in [-0.25, -0.2) is 0 Å². The number of carbonyl (C=O) groups excluding carboxylic acids is 2. The van der Waals surface area contributed by atoms with Gasteiger partial charge in [0.2, 0.25) is 16.5 Å². The van der Waals surface area contributed by atoms with Gasteiger partial charge in [0.05, 0.1) is 0 Å². The third-order valence-corrected chi connectivity index (χ3v) is 6.62. The second-order valence-corrected chi connectivity index (χ2v) is 7.38. The Labute approximate surface area is 119 Å². The van der Waals surface area contributed by atoms with Gasteiger partial charge in [-0.15, -0.1) is 11.8 Å². The van der Waals surface area contributed by atoms with Gasteiger partial charge in [0, 0.05) is 16.9 Å². The van der Waals surface area contributed by atoms with Gasteiger partial charge in [0.25, 0.3) is 0 Å². The second-order valence-electron chi connectivity index (χ2n) is 5.00. The molecule has 1 aromatic carbocycles. The number of epoxide rings is 1. The zero-order chi connectivity index (χ0) is 13.1. The van der Waals surface area contributed by atoms with Crippen molar-refractivity contribution in [2.24, 2.45) is 0 Å². The molecule has 0 aromatic heterocycles. The lowest BCUT2D eigenvalue weighted by Crippen LogP contribution is -2.45. The average molecular weight is 292 g/mol. The summed E-state index contributed by atoms with van der Waals surface area (Å²) in [5, 5.41) is 0. The molecule has 0 bridgehead atoms. The van der Waals surface area contributed by atoms with Crippen molar-refractivity contribution in [3.8, 4) is 0 Å². The van der Waals surface area contributed by atoms with Crippen molar-refractivity contribution in [1.29, 1.82) is 0 Å². The molecule has 2 fully saturated rings. The average Bonchev–Trinajstić information content (AvgIpc) is 3.07. The van der Waals surface area contributed by atoms with Gasteiger partial charge in [-0.3, -0.25) is 9.59 Å². The van der Waals surface area contributed by atoms with Crippen LogP contribution in [0.15, 0.2) is 24.3 Å². The maximum Gasteiger partial charge on any atom is 0.215 e. The number of ether oxygens (including phenoxy) is 1.